The largest absolute Gasteiger partial charge is 0.412 e. The SMILES string of the molecule is Cl.O.O.[B](c1ccccc1)c1ncn[nH]1. The predicted molar refractivity (Wildman–Crippen MR) is 62.3 cm³/mol. The highest BCUT2D eigenvalue weighted by atomic mass is 35.5. The van der Waals surface area contributed by atoms with E-state index >= 15 is 0 Å². The van der Waals surface area contributed by atoms with Gasteiger partial charge < -0.3 is 11.0 Å². The number of hydrogen-bond donors (Lipinski definition) is 1. The maximum Gasteiger partial charge on any atom is 0.242 e. The molecule has 5 N–H and O–H groups in total. The first-order valence-corrected chi connectivity index (χ1v) is 3.70. The molecule has 0 saturated carbocycles. The van der Waals surface area contributed by atoms with Crippen LogP contribution in [0.1, 0.15) is 0 Å². The molecular weight excluding hydrogens is 216 g/mol. The smallest absolute Gasteiger partial charge is 0.242 e. The molecule has 1 aromatic carbocycles. The van der Waals surface area contributed by atoms with E-state index in [4.69, 9.17) is 0 Å². The fourth-order valence-corrected chi connectivity index (χ4v) is 0.992. The van der Waals surface area contributed by atoms with Crippen molar-refractivity contribution in [3.63, 3.8) is 0 Å². The van der Waals surface area contributed by atoms with Crippen LogP contribution >= 0.6 is 12.4 Å². The monoisotopic (exact) mass is 228 g/mol. The first kappa shape index (κ1) is 16.1. The lowest BCUT2D eigenvalue weighted by Crippen LogP contribution is -2.29. The Bertz CT molecular complexity index is 344. The molecule has 0 aliphatic rings. The van der Waals surface area contributed by atoms with Gasteiger partial charge in [-0.25, -0.2) is 4.98 Å². The summed E-state index contributed by atoms with van der Waals surface area (Å²) in [7, 11) is 1.94. The van der Waals surface area contributed by atoms with Gasteiger partial charge in [-0.05, 0) is 0 Å². The molecular formula is C8H12BClN3O2. The molecule has 0 saturated heterocycles. The van der Waals surface area contributed by atoms with E-state index in [0.717, 1.165) is 11.2 Å². The van der Waals surface area contributed by atoms with Crippen LogP contribution in [-0.4, -0.2) is 33.4 Å². The molecule has 0 atom stereocenters. The van der Waals surface area contributed by atoms with Crippen LogP contribution in [0.15, 0.2) is 36.7 Å². The van der Waals surface area contributed by atoms with Crippen molar-refractivity contribution in [2.24, 2.45) is 0 Å². The normalized spacial score (nSPS) is 7.73. The number of benzene rings is 1. The average molecular weight is 228 g/mol. The standard InChI is InChI=1S/C8H7BN3.ClH.2H2O/c1-2-4-7(5-3-1)9-8-10-6-11-12-8;;;/h1-6H,(H,10,11,12);1H;2*1H2. The lowest BCUT2D eigenvalue weighted by Gasteiger charge is -1.93. The predicted octanol–water partition coefficient (Wildman–Crippen LogP) is -1.77. The Hall–Kier alpha value is -1.37. The van der Waals surface area contributed by atoms with Crippen molar-refractivity contribution in [3.8, 4) is 0 Å². The molecule has 0 unspecified atom stereocenters. The van der Waals surface area contributed by atoms with E-state index in [2.05, 4.69) is 15.2 Å². The Labute approximate surface area is 94.2 Å². The zero-order valence-corrected chi connectivity index (χ0v) is 8.66. The highest BCUT2D eigenvalue weighted by Crippen LogP contribution is 1.79. The van der Waals surface area contributed by atoms with Gasteiger partial charge >= 0.3 is 0 Å². The van der Waals surface area contributed by atoms with Crippen LogP contribution in [0.25, 0.3) is 0 Å². The summed E-state index contributed by atoms with van der Waals surface area (Å²) in [5.74, 6) is 0. The highest BCUT2D eigenvalue weighted by molar-refractivity contribution is 6.65. The van der Waals surface area contributed by atoms with Crippen LogP contribution in [0.5, 0.6) is 0 Å². The number of nitrogens with zero attached hydrogens (tertiary/aromatic N) is 2. The van der Waals surface area contributed by atoms with E-state index in [-0.39, 0.29) is 23.4 Å². The van der Waals surface area contributed by atoms with Gasteiger partial charge in [0.25, 0.3) is 0 Å². The van der Waals surface area contributed by atoms with Crippen molar-refractivity contribution in [1.29, 1.82) is 0 Å². The molecule has 1 aromatic heterocycles. The lowest BCUT2D eigenvalue weighted by molar-refractivity contribution is 0.823. The molecule has 5 nitrogen and oxygen atoms in total. The van der Waals surface area contributed by atoms with Gasteiger partial charge in [0.15, 0.2) is 0 Å². The van der Waals surface area contributed by atoms with Gasteiger partial charge in [0.2, 0.25) is 7.28 Å². The number of nitrogens with one attached hydrogen (secondary N) is 1. The van der Waals surface area contributed by atoms with Crippen molar-refractivity contribution < 1.29 is 11.0 Å². The minimum atomic E-state index is 0. The molecule has 2 aromatic rings. The van der Waals surface area contributed by atoms with Crippen LogP contribution in [-0.2, 0) is 0 Å². The van der Waals surface area contributed by atoms with Crippen molar-refractivity contribution in [1.82, 2.24) is 15.2 Å². The maximum atomic E-state index is 3.99. The summed E-state index contributed by atoms with van der Waals surface area (Å²) in [5.41, 5.74) is 1.90. The molecule has 1 radical (unpaired) electrons. The van der Waals surface area contributed by atoms with E-state index in [1.807, 2.05) is 37.6 Å². The van der Waals surface area contributed by atoms with Gasteiger partial charge in [-0.1, -0.05) is 35.8 Å². The Balaban J connectivity index is 0. The summed E-state index contributed by atoms with van der Waals surface area (Å²) in [6.07, 6.45) is 1.49. The average Bonchev–Trinajstić information content (AvgIpc) is 2.59. The number of hydrogen-bond acceptors (Lipinski definition) is 2. The molecule has 0 aliphatic heterocycles. The number of aromatic amines is 1. The summed E-state index contributed by atoms with van der Waals surface area (Å²) in [6.45, 7) is 0. The summed E-state index contributed by atoms with van der Waals surface area (Å²) in [6, 6.07) is 9.99. The van der Waals surface area contributed by atoms with Gasteiger partial charge in [0, 0.05) is 0 Å². The summed E-state index contributed by atoms with van der Waals surface area (Å²) >= 11 is 0. The van der Waals surface area contributed by atoms with Gasteiger partial charge in [-0.15, -0.1) is 12.4 Å². The molecule has 2 rings (SSSR count). The first-order chi connectivity index (χ1) is 5.95. The van der Waals surface area contributed by atoms with Crippen LogP contribution in [0.3, 0.4) is 0 Å². The second-order valence-corrected chi connectivity index (χ2v) is 2.43. The molecule has 81 valence electrons. The topological polar surface area (TPSA) is 105 Å². The van der Waals surface area contributed by atoms with Crippen molar-refractivity contribution in [2.45, 2.75) is 0 Å². The molecule has 0 fully saturated rings. The molecule has 0 bridgehead atoms. The Morgan fingerprint density at radius 2 is 1.73 bits per heavy atom. The van der Waals surface area contributed by atoms with Gasteiger partial charge in [-0.3, -0.25) is 5.10 Å². The molecule has 0 aliphatic carbocycles. The third-order valence-corrected chi connectivity index (χ3v) is 1.54. The van der Waals surface area contributed by atoms with E-state index in [0.29, 0.717) is 0 Å². The van der Waals surface area contributed by atoms with E-state index in [1.165, 1.54) is 6.33 Å². The van der Waals surface area contributed by atoms with Crippen molar-refractivity contribution >= 4 is 30.9 Å². The Morgan fingerprint density at radius 3 is 2.27 bits per heavy atom. The van der Waals surface area contributed by atoms with Crippen LogP contribution in [0, 0.1) is 0 Å². The Morgan fingerprint density at radius 1 is 1.07 bits per heavy atom. The van der Waals surface area contributed by atoms with Crippen LogP contribution in [0.4, 0.5) is 0 Å². The summed E-state index contributed by atoms with van der Waals surface area (Å²) in [4.78, 5) is 3.99. The van der Waals surface area contributed by atoms with Crippen molar-refractivity contribution in [2.75, 3.05) is 0 Å². The second kappa shape index (κ2) is 7.99. The zero-order chi connectivity index (χ0) is 8.23. The minimum absolute atomic E-state index is 0. The number of halogens is 1. The lowest BCUT2D eigenvalue weighted by atomic mass is 9.70. The fraction of sp³-hybridized carbons (Fsp3) is 0. The number of H-pyrrole nitrogens is 1. The zero-order valence-electron chi connectivity index (χ0n) is 7.84. The minimum Gasteiger partial charge on any atom is -0.412 e. The number of rotatable bonds is 2. The van der Waals surface area contributed by atoms with Crippen LogP contribution < -0.4 is 11.2 Å². The summed E-state index contributed by atoms with van der Waals surface area (Å²) in [5, 5.41) is 6.52. The highest BCUT2D eigenvalue weighted by Gasteiger charge is 1.99. The van der Waals surface area contributed by atoms with E-state index in [9.17, 15) is 0 Å². The fourth-order valence-electron chi connectivity index (χ4n) is 0.992. The second-order valence-electron chi connectivity index (χ2n) is 2.43. The number of aromatic nitrogens is 3. The third-order valence-electron chi connectivity index (χ3n) is 1.54. The summed E-state index contributed by atoms with van der Waals surface area (Å²) < 4.78 is 0. The molecule has 15 heavy (non-hydrogen) atoms. The van der Waals surface area contributed by atoms with Gasteiger partial charge in [0.1, 0.15) is 6.33 Å². The third kappa shape index (κ3) is 4.60. The maximum absolute atomic E-state index is 3.99. The van der Waals surface area contributed by atoms with Gasteiger partial charge in [0.05, 0.1) is 5.72 Å². The Kier molecular flexibility index (Phi) is 8.56. The van der Waals surface area contributed by atoms with Gasteiger partial charge in [-0.2, -0.15) is 5.10 Å². The molecule has 1 heterocycles. The first-order valence-electron chi connectivity index (χ1n) is 3.70. The van der Waals surface area contributed by atoms with Crippen molar-refractivity contribution in [3.05, 3.63) is 36.7 Å². The molecule has 0 amide bonds. The quantitative estimate of drug-likeness (QED) is 0.615. The van der Waals surface area contributed by atoms with E-state index < -0.39 is 0 Å². The molecule has 7 heteroatoms. The van der Waals surface area contributed by atoms with E-state index in [1.54, 1.807) is 0 Å². The molecule has 0 spiro atoms. The van der Waals surface area contributed by atoms with Crippen LogP contribution in [0.2, 0.25) is 0 Å².